The molecule has 0 amide bonds. The van der Waals surface area contributed by atoms with Crippen molar-refractivity contribution in [2.24, 2.45) is 0 Å². The molecule has 0 spiro atoms. The van der Waals surface area contributed by atoms with Gasteiger partial charge in [0.1, 0.15) is 0 Å². The van der Waals surface area contributed by atoms with Crippen LogP contribution >= 0.6 is 23.2 Å². The highest BCUT2D eigenvalue weighted by atomic mass is 35.5. The highest BCUT2D eigenvalue weighted by Crippen LogP contribution is 2.26. The molecule has 0 bridgehead atoms. The van der Waals surface area contributed by atoms with E-state index in [9.17, 15) is 0 Å². The molecule has 1 atom stereocenters. The average molecular weight is 326 g/mol. The number of halogens is 2. The van der Waals surface area contributed by atoms with E-state index in [0.717, 1.165) is 30.8 Å². The third-order valence-electron chi connectivity index (χ3n) is 3.44. The van der Waals surface area contributed by atoms with Crippen LogP contribution in [-0.2, 0) is 13.0 Å². The lowest BCUT2D eigenvalue weighted by molar-refractivity contribution is 0.516. The minimum absolute atomic E-state index is 0.174. The Morgan fingerprint density at radius 3 is 2.38 bits per heavy atom. The predicted octanol–water partition coefficient (Wildman–Crippen LogP) is 4.41. The summed E-state index contributed by atoms with van der Waals surface area (Å²) in [6.07, 6.45) is 0.860. The number of aryl methyl sites for hydroxylation is 2. The van der Waals surface area contributed by atoms with Gasteiger partial charge < -0.3 is 5.32 Å². The van der Waals surface area contributed by atoms with Crippen LogP contribution in [0.1, 0.15) is 36.8 Å². The van der Waals surface area contributed by atoms with E-state index in [2.05, 4.69) is 30.3 Å². The van der Waals surface area contributed by atoms with Crippen LogP contribution in [0.25, 0.3) is 0 Å². The summed E-state index contributed by atoms with van der Waals surface area (Å²) in [5, 5.41) is 9.35. The fourth-order valence-electron chi connectivity index (χ4n) is 2.58. The number of aromatic nitrogens is 2. The molecule has 1 aromatic heterocycles. The van der Waals surface area contributed by atoms with Gasteiger partial charge in [0.05, 0.1) is 5.69 Å². The van der Waals surface area contributed by atoms with Gasteiger partial charge in [0, 0.05) is 34.7 Å². The maximum absolute atomic E-state index is 6.13. The Morgan fingerprint density at radius 1 is 1.14 bits per heavy atom. The molecule has 0 aliphatic heterocycles. The van der Waals surface area contributed by atoms with Crippen LogP contribution in [0.15, 0.2) is 24.3 Å². The Balaban J connectivity index is 2.30. The van der Waals surface area contributed by atoms with Crippen molar-refractivity contribution in [2.45, 2.75) is 39.8 Å². The van der Waals surface area contributed by atoms with E-state index in [4.69, 9.17) is 23.2 Å². The molecule has 5 heteroatoms. The normalized spacial score (nSPS) is 12.6. The van der Waals surface area contributed by atoms with E-state index < -0.39 is 0 Å². The molecule has 0 fully saturated rings. The number of hydrogen-bond acceptors (Lipinski definition) is 2. The van der Waals surface area contributed by atoms with Crippen LogP contribution in [0, 0.1) is 6.92 Å². The molecule has 2 aromatic rings. The van der Waals surface area contributed by atoms with Gasteiger partial charge in [0.2, 0.25) is 0 Å². The number of likely N-dealkylation sites (N-methyl/N-ethyl adjacent to an activating group) is 1. The molecular formula is C16H21Cl2N3. The quantitative estimate of drug-likeness (QED) is 0.852. The first-order chi connectivity index (χ1) is 10.0. The third kappa shape index (κ3) is 4.22. The van der Waals surface area contributed by atoms with Gasteiger partial charge in [-0.15, -0.1) is 0 Å². The van der Waals surface area contributed by atoms with Crippen molar-refractivity contribution in [3.8, 4) is 0 Å². The summed E-state index contributed by atoms with van der Waals surface area (Å²) in [5.41, 5.74) is 3.37. The number of rotatable bonds is 6. The first-order valence-electron chi connectivity index (χ1n) is 7.26. The second-order valence-corrected chi connectivity index (χ2v) is 5.98. The maximum Gasteiger partial charge on any atom is 0.0596 e. The van der Waals surface area contributed by atoms with Crippen LogP contribution in [-0.4, -0.2) is 16.3 Å². The second kappa shape index (κ2) is 7.30. The van der Waals surface area contributed by atoms with E-state index in [0.29, 0.717) is 10.0 Å². The SMILES string of the molecule is CCNC(Cc1cc(C)nn1CC)c1cc(Cl)cc(Cl)c1. The summed E-state index contributed by atoms with van der Waals surface area (Å²) in [6.45, 7) is 7.98. The number of benzene rings is 1. The highest BCUT2D eigenvalue weighted by Gasteiger charge is 2.15. The lowest BCUT2D eigenvalue weighted by Crippen LogP contribution is -2.24. The van der Waals surface area contributed by atoms with Crippen molar-refractivity contribution >= 4 is 23.2 Å². The summed E-state index contributed by atoms with van der Waals surface area (Å²) >= 11 is 12.3. The van der Waals surface area contributed by atoms with Crippen molar-refractivity contribution < 1.29 is 0 Å². The minimum Gasteiger partial charge on any atom is -0.310 e. The second-order valence-electron chi connectivity index (χ2n) is 5.11. The Labute approximate surface area is 136 Å². The summed E-state index contributed by atoms with van der Waals surface area (Å²) in [5.74, 6) is 0. The predicted molar refractivity (Wildman–Crippen MR) is 89.2 cm³/mol. The molecule has 1 heterocycles. The van der Waals surface area contributed by atoms with E-state index in [1.807, 2.05) is 23.7 Å². The lowest BCUT2D eigenvalue weighted by atomic mass is 10.0. The van der Waals surface area contributed by atoms with Gasteiger partial charge in [-0.1, -0.05) is 30.1 Å². The van der Waals surface area contributed by atoms with Crippen molar-refractivity contribution in [2.75, 3.05) is 6.54 Å². The van der Waals surface area contributed by atoms with Gasteiger partial charge in [0.15, 0.2) is 0 Å². The first-order valence-corrected chi connectivity index (χ1v) is 8.01. The Kier molecular flexibility index (Phi) is 5.68. The topological polar surface area (TPSA) is 29.9 Å². The highest BCUT2D eigenvalue weighted by molar-refractivity contribution is 6.34. The van der Waals surface area contributed by atoms with Crippen LogP contribution in [0.5, 0.6) is 0 Å². The van der Waals surface area contributed by atoms with E-state index >= 15 is 0 Å². The van der Waals surface area contributed by atoms with Crippen LogP contribution in [0.3, 0.4) is 0 Å². The molecular weight excluding hydrogens is 305 g/mol. The molecule has 1 N–H and O–H groups in total. The van der Waals surface area contributed by atoms with Gasteiger partial charge in [-0.25, -0.2) is 0 Å². The number of nitrogens with zero attached hydrogens (tertiary/aromatic N) is 2. The summed E-state index contributed by atoms with van der Waals surface area (Å²) in [4.78, 5) is 0. The first kappa shape index (κ1) is 16.3. The summed E-state index contributed by atoms with van der Waals surface area (Å²) in [7, 11) is 0. The molecule has 3 nitrogen and oxygen atoms in total. The van der Waals surface area contributed by atoms with Gasteiger partial charge >= 0.3 is 0 Å². The monoisotopic (exact) mass is 325 g/mol. The zero-order valence-electron chi connectivity index (χ0n) is 12.7. The van der Waals surface area contributed by atoms with E-state index in [1.54, 1.807) is 6.07 Å². The van der Waals surface area contributed by atoms with Crippen LogP contribution < -0.4 is 5.32 Å². The fraction of sp³-hybridized carbons (Fsp3) is 0.438. The zero-order valence-corrected chi connectivity index (χ0v) is 14.2. The molecule has 0 radical (unpaired) electrons. The third-order valence-corrected chi connectivity index (χ3v) is 3.87. The van der Waals surface area contributed by atoms with Gasteiger partial charge in [0.25, 0.3) is 0 Å². The smallest absolute Gasteiger partial charge is 0.0596 e. The summed E-state index contributed by atoms with van der Waals surface area (Å²) in [6, 6.07) is 8.02. The lowest BCUT2D eigenvalue weighted by Gasteiger charge is -2.19. The van der Waals surface area contributed by atoms with Gasteiger partial charge in [-0.3, -0.25) is 4.68 Å². The molecule has 1 aromatic carbocycles. The molecule has 2 rings (SSSR count). The molecule has 0 saturated heterocycles. The Bertz CT molecular complexity index is 587. The van der Waals surface area contributed by atoms with Gasteiger partial charge in [-0.2, -0.15) is 5.10 Å². The average Bonchev–Trinajstić information content (AvgIpc) is 2.77. The van der Waals surface area contributed by atoms with E-state index in [1.165, 1.54) is 5.69 Å². The Morgan fingerprint density at radius 2 is 1.81 bits per heavy atom. The molecule has 21 heavy (non-hydrogen) atoms. The number of hydrogen-bond donors (Lipinski definition) is 1. The number of nitrogens with one attached hydrogen (secondary N) is 1. The van der Waals surface area contributed by atoms with Crippen molar-refractivity contribution in [3.63, 3.8) is 0 Å². The zero-order chi connectivity index (χ0) is 15.4. The van der Waals surface area contributed by atoms with E-state index in [-0.39, 0.29) is 6.04 Å². The van der Waals surface area contributed by atoms with Crippen LogP contribution in [0.4, 0.5) is 0 Å². The van der Waals surface area contributed by atoms with Crippen molar-refractivity contribution in [3.05, 3.63) is 51.3 Å². The molecule has 0 aliphatic rings. The maximum atomic E-state index is 6.13. The van der Waals surface area contributed by atoms with Crippen molar-refractivity contribution in [1.29, 1.82) is 0 Å². The molecule has 0 saturated carbocycles. The Hall–Kier alpha value is -1.03. The van der Waals surface area contributed by atoms with Gasteiger partial charge in [-0.05, 0) is 50.2 Å². The minimum atomic E-state index is 0.174. The van der Waals surface area contributed by atoms with Crippen molar-refractivity contribution in [1.82, 2.24) is 15.1 Å². The van der Waals surface area contributed by atoms with Crippen LogP contribution in [0.2, 0.25) is 10.0 Å². The largest absolute Gasteiger partial charge is 0.310 e. The fourth-order valence-corrected chi connectivity index (χ4v) is 3.12. The molecule has 0 aliphatic carbocycles. The molecule has 1 unspecified atom stereocenters. The summed E-state index contributed by atoms with van der Waals surface area (Å²) < 4.78 is 2.05. The standard InChI is InChI=1S/C16H21Cl2N3/c1-4-19-16(12-7-13(17)9-14(18)8-12)10-15-6-11(3)20-21(15)5-2/h6-9,16,19H,4-5,10H2,1-3H3. The molecule has 114 valence electrons.